The number of methoxy groups -OCH3 is 1. The number of esters is 1. The standard InChI is InChI=1S/C6H9FO3/c1-3-4(8)5(7)6(9)10-2/h5H,3H2,1-2H3/t5-/m0/s1. The van der Waals surface area contributed by atoms with E-state index in [-0.39, 0.29) is 6.42 Å². The lowest BCUT2D eigenvalue weighted by molar-refractivity contribution is -0.150. The third kappa shape index (κ3) is 2.13. The van der Waals surface area contributed by atoms with Gasteiger partial charge < -0.3 is 4.74 Å². The summed E-state index contributed by atoms with van der Waals surface area (Å²) in [7, 11) is 1.04. The molecule has 58 valence electrons. The molecule has 0 amide bonds. The van der Waals surface area contributed by atoms with Crippen molar-refractivity contribution < 1.29 is 18.7 Å². The fourth-order valence-corrected chi connectivity index (χ4v) is 0.414. The van der Waals surface area contributed by atoms with E-state index in [0.29, 0.717) is 0 Å². The van der Waals surface area contributed by atoms with Gasteiger partial charge in [0.05, 0.1) is 7.11 Å². The van der Waals surface area contributed by atoms with Gasteiger partial charge in [-0.25, -0.2) is 9.18 Å². The number of carbonyl (C=O) groups is 2. The Kier molecular flexibility index (Phi) is 3.61. The van der Waals surface area contributed by atoms with E-state index in [4.69, 9.17) is 0 Å². The summed E-state index contributed by atoms with van der Waals surface area (Å²) in [6.07, 6.45) is -2.09. The van der Waals surface area contributed by atoms with Crippen LogP contribution >= 0.6 is 0 Å². The Labute approximate surface area is 58.2 Å². The molecule has 1 atom stereocenters. The Morgan fingerprint density at radius 2 is 2.10 bits per heavy atom. The first-order valence-corrected chi connectivity index (χ1v) is 2.88. The first kappa shape index (κ1) is 9.07. The Balaban J connectivity index is 3.94. The fraction of sp³-hybridized carbons (Fsp3) is 0.667. The number of ketones is 1. The molecule has 0 aromatic heterocycles. The molecule has 0 N–H and O–H groups in total. The van der Waals surface area contributed by atoms with Crippen molar-refractivity contribution in [1.82, 2.24) is 0 Å². The van der Waals surface area contributed by atoms with Gasteiger partial charge in [0.25, 0.3) is 6.17 Å². The Hall–Kier alpha value is -0.930. The minimum Gasteiger partial charge on any atom is -0.467 e. The highest BCUT2D eigenvalue weighted by molar-refractivity contribution is 6.01. The molecule has 0 heterocycles. The monoisotopic (exact) mass is 148 g/mol. The summed E-state index contributed by atoms with van der Waals surface area (Å²) < 4.78 is 16.4. The van der Waals surface area contributed by atoms with Crippen LogP contribution in [0.3, 0.4) is 0 Å². The van der Waals surface area contributed by atoms with E-state index in [1.54, 1.807) is 0 Å². The molecule has 0 bridgehead atoms. The molecule has 0 aromatic rings. The zero-order valence-electron chi connectivity index (χ0n) is 5.89. The summed E-state index contributed by atoms with van der Waals surface area (Å²) in [4.78, 5) is 20.7. The predicted molar refractivity (Wildman–Crippen MR) is 32.2 cm³/mol. The van der Waals surface area contributed by atoms with Gasteiger partial charge >= 0.3 is 5.97 Å². The Morgan fingerprint density at radius 3 is 2.40 bits per heavy atom. The largest absolute Gasteiger partial charge is 0.467 e. The van der Waals surface area contributed by atoms with Crippen LogP contribution in [0.4, 0.5) is 4.39 Å². The maximum Gasteiger partial charge on any atom is 0.348 e. The molecule has 0 saturated heterocycles. The average molecular weight is 148 g/mol. The van der Waals surface area contributed by atoms with Gasteiger partial charge in [-0.05, 0) is 0 Å². The lowest BCUT2D eigenvalue weighted by atomic mass is 10.2. The minimum absolute atomic E-state index is 0.0102. The van der Waals surface area contributed by atoms with Crippen molar-refractivity contribution in [1.29, 1.82) is 0 Å². The Morgan fingerprint density at radius 1 is 1.60 bits per heavy atom. The van der Waals surface area contributed by atoms with Crippen molar-refractivity contribution in [3.63, 3.8) is 0 Å². The predicted octanol–water partition coefficient (Wildman–Crippen LogP) is 0.477. The van der Waals surface area contributed by atoms with E-state index < -0.39 is 17.9 Å². The molecule has 0 radical (unpaired) electrons. The van der Waals surface area contributed by atoms with E-state index in [1.165, 1.54) is 6.92 Å². The van der Waals surface area contributed by atoms with E-state index >= 15 is 0 Å². The molecule has 0 saturated carbocycles. The van der Waals surface area contributed by atoms with E-state index in [1.807, 2.05) is 0 Å². The van der Waals surface area contributed by atoms with Crippen LogP contribution in [-0.2, 0) is 14.3 Å². The molecule has 4 heteroatoms. The highest BCUT2D eigenvalue weighted by Gasteiger charge is 2.24. The minimum atomic E-state index is -2.10. The number of rotatable bonds is 3. The van der Waals surface area contributed by atoms with Crippen molar-refractivity contribution >= 4 is 11.8 Å². The summed E-state index contributed by atoms with van der Waals surface area (Å²) in [6.45, 7) is 1.48. The average Bonchev–Trinajstić information content (AvgIpc) is 2.00. The van der Waals surface area contributed by atoms with Crippen LogP contribution in [0.1, 0.15) is 13.3 Å². The molecule has 0 aliphatic rings. The molecular formula is C6H9FO3. The van der Waals surface area contributed by atoms with Gasteiger partial charge in [0.15, 0.2) is 5.78 Å². The first-order chi connectivity index (χ1) is 4.63. The summed E-state index contributed by atoms with van der Waals surface area (Å²) in [5.74, 6) is -1.86. The molecule has 0 aliphatic carbocycles. The molecular weight excluding hydrogens is 139 g/mol. The number of hydrogen-bond acceptors (Lipinski definition) is 3. The number of halogens is 1. The summed E-state index contributed by atoms with van der Waals surface area (Å²) >= 11 is 0. The van der Waals surface area contributed by atoms with Crippen LogP contribution < -0.4 is 0 Å². The van der Waals surface area contributed by atoms with Crippen LogP contribution in [0.5, 0.6) is 0 Å². The molecule has 0 spiro atoms. The Bertz CT molecular complexity index is 128. The molecule has 0 fully saturated rings. The van der Waals surface area contributed by atoms with Crippen molar-refractivity contribution in [2.45, 2.75) is 19.5 Å². The van der Waals surface area contributed by atoms with Crippen LogP contribution in [-0.4, -0.2) is 25.0 Å². The van der Waals surface area contributed by atoms with Gasteiger partial charge in [0.2, 0.25) is 0 Å². The second-order valence-electron chi connectivity index (χ2n) is 1.71. The second-order valence-corrected chi connectivity index (χ2v) is 1.71. The highest BCUT2D eigenvalue weighted by atomic mass is 19.1. The maximum atomic E-state index is 12.4. The summed E-state index contributed by atoms with van der Waals surface area (Å²) in [5, 5.41) is 0. The lowest BCUT2D eigenvalue weighted by Crippen LogP contribution is -2.25. The third-order valence-corrected chi connectivity index (χ3v) is 1.04. The first-order valence-electron chi connectivity index (χ1n) is 2.88. The fourth-order valence-electron chi connectivity index (χ4n) is 0.414. The van der Waals surface area contributed by atoms with Gasteiger partial charge in [0, 0.05) is 6.42 Å². The normalized spacial score (nSPS) is 12.3. The van der Waals surface area contributed by atoms with Crippen molar-refractivity contribution in [3.8, 4) is 0 Å². The molecule has 0 unspecified atom stereocenters. The van der Waals surface area contributed by atoms with Crippen LogP contribution in [0.25, 0.3) is 0 Å². The van der Waals surface area contributed by atoms with Gasteiger partial charge in [-0.3, -0.25) is 4.79 Å². The second kappa shape index (κ2) is 3.98. The van der Waals surface area contributed by atoms with Crippen LogP contribution in [0.2, 0.25) is 0 Å². The van der Waals surface area contributed by atoms with E-state index in [0.717, 1.165) is 7.11 Å². The molecule has 0 aromatic carbocycles. The summed E-state index contributed by atoms with van der Waals surface area (Å²) in [5.41, 5.74) is 0. The molecule has 0 aliphatic heterocycles. The molecule has 10 heavy (non-hydrogen) atoms. The quantitative estimate of drug-likeness (QED) is 0.431. The maximum absolute atomic E-state index is 12.4. The lowest BCUT2D eigenvalue weighted by Gasteiger charge is -2.01. The van der Waals surface area contributed by atoms with Gasteiger partial charge in [-0.15, -0.1) is 0 Å². The van der Waals surface area contributed by atoms with E-state index in [2.05, 4.69) is 4.74 Å². The molecule has 0 rings (SSSR count). The zero-order chi connectivity index (χ0) is 8.15. The van der Waals surface area contributed by atoms with Crippen molar-refractivity contribution in [2.75, 3.05) is 7.11 Å². The number of carbonyl (C=O) groups excluding carboxylic acids is 2. The van der Waals surface area contributed by atoms with Crippen LogP contribution in [0, 0.1) is 0 Å². The SMILES string of the molecule is CCC(=O)[C@H](F)C(=O)OC. The van der Waals surface area contributed by atoms with Crippen molar-refractivity contribution in [3.05, 3.63) is 0 Å². The van der Waals surface area contributed by atoms with E-state index in [9.17, 15) is 14.0 Å². The highest BCUT2D eigenvalue weighted by Crippen LogP contribution is 1.98. The number of hydrogen-bond donors (Lipinski definition) is 0. The van der Waals surface area contributed by atoms with Gasteiger partial charge in [-0.2, -0.15) is 0 Å². The number of alkyl halides is 1. The van der Waals surface area contributed by atoms with Crippen molar-refractivity contribution in [2.24, 2.45) is 0 Å². The molecule has 3 nitrogen and oxygen atoms in total. The van der Waals surface area contributed by atoms with Gasteiger partial charge in [0.1, 0.15) is 0 Å². The third-order valence-electron chi connectivity index (χ3n) is 1.04. The van der Waals surface area contributed by atoms with Crippen LogP contribution in [0.15, 0.2) is 0 Å². The van der Waals surface area contributed by atoms with Gasteiger partial charge in [-0.1, -0.05) is 6.92 Å². The number of ether oxygens (including phenoxy) is 1. The smallest absolute Gasteiger partial charge is 0.348 e. The topological polar surface area (TPSA) is 43.4 Å². The zero-order valence-corrected chi connectivity index (χ0v) is 5.89. The number of Topliss-reactive ketones (excluding diaryl/α,β-unsaturated/α-hetero) is 1. The summed E-state index contributed by atoms with van der Waals surface area (Å²) in [6, 6.07) is 0.